The first-order chi connectivity index (χ1) is 7.97. The van der Waals surface area contributed by atoms with E-state index in [4.69, 9.17) is 5.73 Å². The van der Waals surface area contributed by atoms with Gasteiger partial charge in [-0.25, -0.2) is 0 Å². The first kappa shape index (κ1) is 12.6. The molecule has 0 aliphatic heterocycles. The monoisotopic (exact) mass is 235 g/mol. The molecule has 1 unspecified atom stereocenters. The van der Waals surface area contributed by atoms with Gasteiger partial charge in [0.2, 0.25) is 0 Å². The van der Waals surface area contributed by atoms with Gasteiger partial charge in [-0.2, -0.15) is 5.10 Å². The molecule has 0 aromatic carbocycles. The van der Waals surface area contributed by atoms with Crippen molar-refractivity contribution in [2.45, 2.75) is 65.0 Å². The minimum atomic E-state index is -0.0626. The van der Waals surface area contributed by atoms with Crippen LogP contribution in [-0.4, -0.2) is 15.3 Å². The molecule has 0 radical (unpaired) electrons. The lowest BCUT2D eigenvalue weighted by molar-refractivity contribution is 0.0990. The summed E-state index contributed by atoms with van der Waals surface area (Å²) in [6.07, 6.45) is 10.0. The number of hydrogen-bond donors (Lipinski definition) is 1. The van der Waals surface area contributed by atoms with E-state index in [9.17, 15) is 0 Å². The van der Waals surface area contributed by atoms with E-state index in [1.54, 1.807) is 0 Å². The molecule has 0 spiro atoms. The fourth-order valence-electron chi connectivity index (χ4n) is 2.96. The third kappa shape index (κ3) is 2.39. The molecule has 0 saturated heterocycles. The van der Waals surface area contributed by atoms with Gasteiger partial charge in [-0.15, -0.1) is 0 Å². The van der Waals surface area contributed by atoms with Crippen LogP contribution in [0, 0.1) is 5.41 Å². The summed E-state index contributed by atoms with van der Waals surface area (Å²) in [6, 6.07) is 0. The van der Waals surface area contributed by atoms with E-state index in [2.05, 4.69) is 32.1 Å². The van der Waals surface area contributed by atoms with Crippen molar-refractivity contribution in [3.05, 3.63) is 18.0 Å². The molecule has 1 aliphatic carbocycles. The molecule has 2 N–H and O–H groups in total. The molecule has 1 aromatic rings. The molecule has 0 bridgehead atoms. The maximum absolute atomic E-state index is 6.68. The van der Waals surface area contributed by atoms with Gasteiger partial charge in [0.05, 0.1) is 6.20 Å². The van der Waals surface area contributed by atoms with Gasteiger partial charge in [-0.1, -0.05) is 26.7 Å². The predicted octanol–water partition coefficient (Wildman–Crippen LogP) is 2.74. The number of nitrogens with zero attached hydrogens (tertiary/aromatic N) is 2. The summed E-state index contributed by atoms with van der Waals surface area (Å²) in [4.78, 5) is 0. The number of aryl methyl sites for hydroxylation is 1. The highest BCUT2D eigenvalue weighted by Gasteiger charge is 2.43. The van der Waals surface area contributed by atoms with E-state index >= 15 is 0 Å². The zero-order valence-corrected chi connectivity index (χ0v) is 11.4. The quantitative estimate of drug-likeness (QED) is 0.875. The highest BCUT2D eigenvalue weighted by Crippen LogP contribution is 2.43. The zero-order valence-electron chi connectivity index (χ0n) is 11.4. The summed E-state index contributed by atoms with van der Waals surface area (Å²) in [5.41, 5.74) is 8.14. The Kier molecular flexibility index (Phi) is 3.30. The summed E-state index contributed by atoms with van der Waals surface area (Å²) >= 11 is 0. The fraction of sp³-hybridized carbons (Fsp3) is 0.786. The second-order valence-electron chi connectivity index (χ2n) is 6.13. The Labute approximate surface area is 104 Å². The van der Waals surface area contributed by atoms with E-state index in [1.165, 1.54) is 24.8 Å². The molecule has 0 amide bonds. The van der Waals surface area contributed by atoms with E-state index < -0.39 is 0 Å². The Bertz CT molecular complexity index is 381. The SMILES string of the molecule is CCn1cc(CC2(N)CCCCC2(C)C)cn1. The Hall–Kier alpha value is -0.830. The van der Waals surface area contributed by atoms with Gasteiger partial charge in [0, 0.05) is 18.3 Å². The molecule has 1 aliphatic rings. The molecular formula is C14H25N3. The van der Waals surface area contributed by atoms with Crippen LogP contribution in [-0.2, 0) is 13.0 Å². The van der Waals surface area contributed by atoms with Gasteiger partial charge < -0.3 is 5.73 Å². The Balaban J connectivity index is 2.15. The van der Waals surface area contributed by atoms with Crippen LogP contribution >= 0.6 is 0 Å². The van der Waals surface area contributed by atoms with E-state index in [1.807, 2.05) is 10.9 Å². The number of aromatic nitrogens is 2. The minimum absolute atomic E-state index is 0.0626. The van der Waals surface area contributed by atoms with Crippen LogP contribution in [0.3, 0.4) is 0 Å². The molecule has 1 aromatic heterocycles. The predicted molar refractivity (Wildman–Crippen MR) is 70.8 cm³/mol. The van der Waals surface area contributed by atoms with Gasteiger partial charge in [0.25, 0.3) is 0 Å². The average Bonchev–Trinajstić information content (AvgIpc) is 2.70. The van der Waals surface area contributed by atoms with Crippen molar-refractivity contribution in [3.8, 4) is 0 Å². The number of rotatable bonds is 3. The highest BCUT2D eigenvalue weighted by atomic mass is 15.3. The summed E-state index contributed by atoms with van der Waals surface area (Å²) in [7, 11) is 0. The van der Waals surface area contributed by atoms with Gasteiger partial charge in [0.15, 0.2) is 0 Å². The normalized spacial score (nSPS) is 28.2. The maximum Gasteiger partial charge on any atom is 0.0522 e. The van der Waals surface area contributed by atoms with Crippen molar-refractivity contribution in [2.75, 3.05) is 0 Å². The minimum Gasteiger partial charge on any atom is -0.324 e. The summed E-state index contributed by atoms with van der Waals surface area (Å²) < 4.78 is 1.98. The van der Waals surface area contributed by atoms with Crippen LogP contribution in [0.25, 0.3) is 0 Å². The number of hydrogen-bond acceptors (Lipinski definition) is 2. The van der Waals surface area contributed by atoms with Crippen molar-refractivity contribution in [1.29, 1.82) is 0 Å². The van der Waals surface area contributed by atoms with Gasteiger partial charge in [-0.05, 0) is 37.2 Å². The molecule has 17 heavy (non-hydrogen) atoms. The molecule has 1 heterocycles. The van der Waals surface area contributed by atoms with Crippen LogP contribution in [0.5, 0.6) is 0 Å². The molecular weight excluding hydrogens is 210 g/mol. The van der Waals surface area contributed by atoms with Crippen molar-refractivity contribution < 1.29 is 0 Å². The molecule has 96 valence electrons. The van der Waals surface area contributed by atoms with Crippen LogP contribution in [0.15, 0.2) is 12.4 Å². The molecule has 1 saturated carbocycles. The number of nitrogens with two attached hydrogens (primary N) is 1. The second kappa shape index (κ2) is 4.45. The molecule has 1 fully saturated rings. The Morgan fingerprint density at radius 3 is 2.65 bits per heavy atom. The lowest BCUT2D eigenvalue weighted by Crippen LogP contribution is -2.56. The van der Waals surface area contributed by atoms with Crippen molar-refractivity contribution >= 4 is 0 Å². The van der Waals surface area contributed by atoms with E-state index in [0.717, 1.165) is 19.4 Å². The van der Waals surface area contributed by atoms with E-state index in [0.29, 0.717) is 0 Å². The summed E-state index contributed by atoms with van der Waals surface area (Å²) in [5, 5.41) is 4.34. The van der Waals surface area contributed by atoms with Crippen molar-refractivity contribution in [2.24, 2.45) is 11.1 Å². The van der Waals surface area contributed by atoms with Crippen LogP contribution in [0.1, 0.15) is 52.0 Å². The van der Waals surface area contributed by atoms with Crippen LogP contribution < -0.4 is 5.73 Å². The molecule has 3 heteroatoms. The summed E-state index contributed by atoms with van der Waals surface area (Å²) in [6.45, 7) is 7.67. The lowest BCUT2D eigenvalue weighted by atomic mass is 9.62. The fourth-order valence-corrected chi connectivity index (χ4v) is 2.96. The zero-order chi connectivity index (χ0) is 12.5. The third-order valence-corrected chi connectivity index (χ3v) is 4.55. The third-order valence-electron chi connectivity index (χ3n) is 4.55. The van der Waals surface area contributed by atoms with Gasteiger partial charge >= 0.3 is 0 Å². The largest absolute Gasteiger partial charge is 0.324 e. The van der Waals surface area contributed by atoms with Crippen molar-refractivity contribution in [1.82, 2.24) is 9.78 Å². The Morgan fingerprint density at radius 1 is 1.35 bits per heavy atom. The second-order valence-corrected chi connectivity index (χ2v) is 6.13. The van der Waals surface area contributed by atoms with Gasteiger partial charge in [0.1, 0.15) is 0 Å². The Morgan fingerprint density at radius 2 is 2.06 bits per heavy atom. The topological polar surface area (TPSA) is 43.8 Å². The standard InChI is InChI=1S/C14H25N3/c1-4-17-11-12(10-16-17)9-14(15)8-6-5-7-13(14,2)3/h10-11H,4-9,15H2,1-3H3. The first-order valence-electron chi connectivity index (χ1n) is 6.77. The van der Waals surface area contributed by atoms with Gasteiger partial charge in [-0.3, -0.25) is 4.68 Å². The molecule has 2 rings (SSSR count). The molecule has 1 atom stereocenters. The maximum atomic E-state index is 6.68. The summed E-state index contributed by atoms with van der Waals surface area (Å²) in [5.74, 6) is 0. The highest BCUT2D eigenvalue weighted by molar-refractivity contribution is 5.14. The van der Waals surface area contributed by atoms with Crippen LogP contribution in [0.2, 0.25) is 0 Å². The first-order valence-corrected chi connectivity index (χ1v) is 6.77. The average molecular weight is 235 g/mol. The smallest absolute Gasteiger partial charge is 0.0522 e. The lowest BCUT2D eigenvalue weighted by Gasteiger charge is -2.48. The van der Waals surface area contributed by atoms with Crippen LogP contribution in [0.4, 0.5) is 0 Å². The molecule has 3 nitrogen and oxygen atoms in total. The van der Waals surface area contributed by atoms with Crippen molar-refractivity contribution in [3.63, 3.8) is 0 Å². The van der Waals surface area contributed by atoms with E-state index in [-0.39, 0.29) is 11.0 Å².